The zero-order valence-corrected chi connectivity index (χ0v) is 10.1. The van der Waals surface area contributed by atoms with Crippen LogP contribution in [0.25, 0.3) is 0 Å². The number of fused-ring (bicyclic) bond motifs is 2. The number of benzene rings is 1. The molecule has 2 N–H and O–H groups in total. The van der Waals surface area contributed by atoms with Crippen molar-refractivity contribution in [3.05, 3.63) is 29.8 Å². The lowest BCUT2D eigenvalue weighted by Gasteiger charge is -2.24. The normalized spacial score (nSPS) is 32.9. The average molecular weight is 233 g/mol. The van der Waals surface area contributed by atoms with Crippen LogP contribution in [0.3, 0.4) is 0 Å². The number of nitrogens with one attached hydrogen (secondary N) is 1. The molecule has 92 valence electrons. The smallest absolute Gasteiger partial charge is 0.115 e. The van der Waals surface area contributed by atoms with Crippen LogP contribution in [0.15, 0.2) is 24.3 Å². The van der Waals surface area contributed by atoms with Gasteiger partial charge in [-0.25, -0.2) is 0 Å². The van der Waals surface area contributed by atoms with Gasteiger partial charge in [0, 0.05) is 12.1 Å². The van der Waals surface area contributed by atoms with Gasteiger partial charge in [-0.1, -0.05) is 12.1 Å². The Morgan fingerprint density at radius 1 is 1.41 bits per heavy atom. The highest BCUT2D eigenvalue weighted by molar-refractivity contribution is 5.29. The summed E-state index contributed by atoms with van der Waals surface area (Å²) in [5.41, 5.74) is 1.13. The molecule has 2 aliphatic rings. The summed E-state index contributed by atoms with van der Waals surface area (Å²) in [6.45, 7) is 2.14. The second kappa shape index (κ2) is 4.31. The number of phenolic OH excluding ortho intramolecular Hbond substituents is 1. The molecule has 2 saturated heterocycles. The molecule has 17 heavy (non-hydrogen) atoms. The Balaban J connectivity index is 1.65. The van der Waals surface area contributed by atoms with E-state index in [2.05, 4.69) is 12.2 Å². The predicted octanol–water partition coefficient (Wildman–Crippen LogP) is 2.36. The number of hydrogen-bond donors (Lipinski definition) is 2. The summed E-state index contributed by atoms with van der Waals surface area (Å²) in [5, 5.41) is 13.1. The van der Waals surface area contributed by atoms with Gasteiger partial charge in [0.05, 0.1) is 12.2 Å². The van der Waals surface area contributed by atoms with E-state index in [0.29, 0.717) is 24.0 Å². The van der Waals surface area contributed by atoms with E-state index < -0.39 is 0 Å². The fraction of sp³-hybridized carbons (Fsp3) is 0.571. The van der Waals surface area contributed by atoms with Gasteiger partial charge in [0.15, 0.2) is 0 Å². The molecule has 4 atom stereocenters. The summed E-state index contributed by atoms with van der Waals surface area (Å²) >= 11 is 0. The summed E-state index contributed by atoms with van der Waals surface area (Å²) in [5.74, 6) is 0.334. The second-order valence-corrected chi connectivity index (χ2v) is 5.20. The summed E-state index contributed by atoms with van der Waals surface area (Å²) in [4.78, 5) is 0. The van der Waals surface area contributed by atoms with Crippen molar-refractivity contribution in [3.63, 3.8) is 0 Å². The van der Waals surface area contributed by atoms with E-state index in [0.717, 1.165) is 12.0 Å². The minimum Gasteiger partial charge on any atom is -0.508 e. The van der Waals surface area contributed by atoms with Crippen LogP contribution in [-0.2, 0) is 4.74 Å². The maximum atomic E-state index is 9.48. The van der Waals surface area contributed by atoms with Crippen LogP contribution in [0.4, 0.5) is 0 Å². The maximum absolute atomic E-state index is 9.48. The lowest BCUT2D eigenvalue weighted by atomic mass is 9.94. The third kappa shape index (κ3) is 2.17. The van der Waals surface area contributed by atoms with Gasteiger partial charge in [0.1, 0.15) is 5.75 Å². The van der Waals surface area contributed by atoms with Gasteiger partial charge < -0.3 is 15.2 Å². The molecule has 2 fully saturated rings. The first-order valence-corrected chi connectivity index (χ1v) is 6.43. The second-order valence-electron chi connectivity index (χ2n) is 5.20. The number of rotatable bonds is 3. The summed E-state index contributed by atoms with van der Waals surface area (Å²) in [7, 11) is 0. The lowest BCUT2D eigenvalue weighted by molar-refractivity contribution is 0.0962. The highest BCUT2D eigenvalue weighted by Gasteiger charge is 2.40. The van der Waals surface area contributed by atoms with Crippen molar-refractivity contribution in [2.45, 2.75) is 50.5 Å². The molecule has 1 aromatic carbocycles. The van der Waals surface area contributed by atoms with Gasteiger partial charge >= 0.3 is 0 Å². The third-order valence-electron chi connectivity index (χ3n) is 3.94. The lowest BCUT2D eigenvalue weighted by Crippen LogP contribution is -2.38. The Hall–Kier alpha value is -1.06. The summed E-state index contributed by atoms with van der Waals surface area (Å²) in [6, 6.07) is 8.20. The van der Waals surface area contributed by atoms with Gasteiger partial charge in [0.25, 0.3) is 0 Å². The van der Waals surface area contributed by atoms with Crippen molar-refractivity contribution in [2.75, 3.05) is 0 Å². The van der Waals surface area contributed by atoms with E-state index in [9.17, 15) is 5.11 Å². The zero-order valence-electron chi connectivity index (χ0n) is 10.1. The molecule has 1 aromatic rings. The fourth-order valence-corrected chi connectivity index (χ4v) is 3.02. The SMILES string of the molecule is CC(NC1CC2CCC1O2)c1cccc(O)c1. The molecule has 0 spiro atoms. The molecule has 0 radical (unpaired) electrons. The van der Waals surface area contributed by atoms with Gasteiger partial charge in [0.2, 0.25) is 0 Å². The summed E-state index contributed by atoms with van der Waals surface area (Å²) in [6.07, 6.45) is 4.43. The molecule has 4 unspecified atom stereocenters. The first-order valence-electron chi connectivity index (χ1n) is 6.43. The maximum Gasteiger partial charge on any atom is 0.115 e. The third-order valence-corrected chi connectivity index (χ3v) is 3.94. The Morgan fingerprint density at radius 3 is 2.94 bits per heavy atom. The predicted molar refractivity (Wildman–Crippen MR) is 66.0 cm³/mol. The monoisotopic (exact) mass is 233 g/mol. The molecule has 0 aromatic heterocycles. The molecular formula is C14H19NO2. The standard InChI is InChI=1S/C14H19NO2/c1-9(10-3-2-4-11(16)7-10)15-13-8-12-5-6-14(13)17-12/h2-4,7,9,12-16H,5-6,8H2,1H3. The quantitative estimate of drug-likeness (QED) is 0.842. The van der Waals surface area contributed by atoms with Crippen molar-refractivity contribution in [1.82, 2.24) is 5.32 Å². The topological polar surface area (TPSA) is 41.5 Å². The van der Waals surface area contributed by atoms with Crippen LogP contribution in [0.2, 0.25) is 0 Å². The van der Waals surface area contributed by atoms with Crippen molar-refractivity contribution in [1.29, 1.82) is 0 Å². The summed E-state index contributed by atoms with van der Waals surface area (Å²) < 4.78 is 5.83. The van der Waals surface area contributed by atoms with Gasteiger partial charge in [-0.05, 0) is 43.9 Å². The van der Waals surface area contributed by atoms with Crippen LogP contribution in [0.5, 0.6) is 5.75 Å². The Bertz CT molecular complexity index is 407. The van der Waals surface area contributed by atoms with Crippen molar-refractivity contribution in [3.8, 4) is 5.75 Å². The van der Waals surface area contributed by atoms with Crippen LogP contribution < -0.4 is 5.32 Å². The van der Waals surface area contributed by atoms with Crippen LogP contribution in [0.1, 0.15) is 37.8 Å². The van der Waals surface area contributed by atoms with Crippen LogP contribution >= 0.6 is 0 Å². The molecular weight excluding hydrogens is 214 g/mol. The fourth-order valence-electron chi connectivity index (χ4n) is 3.02. The van der Waals surface area contributed by atoms with E-state index in [1.165, 1.54) is 12.8 Å². The molecule has 2 heterocycles. The van der Waals surface area contributed by atoms with Crippen LogP contribution in [-0.4, -0.2) is 23.4 Å². The first kappa shape index (κ1) is 11.1. The van der Waals surface area contributed by atoms with Crippen LogP contribution in [0, 0.1) is 0 Å². The molecule has 2 bridgehead atoms. The molecule has 3 rings (SSSR count). The Labute approximate surface area is 102 Å². The van der Waals surface area contributed by atoms with E-state index in [1.54, 1.807) is 6.07 Å². The minimum atomic E-state index is 0.259. The molecule has 3 heteroatoms. The van der Waals surface area contributed by atoms with Gasteiger partial charge in [-0.3, -0.25) is 0 Å². The molecule has 3 nitrogen and oxygen atoms in total. The highest BCUT2D eigenvalue weighted by Crippen LogP contribution is 2.35. The number of phenols is 1. The van der Waals surface area contributed by atoms with E-state index in [4.69, 9.17) is 4.74 Å². The minimum absolute atomic E-state index is 0.259. The van der Waals surface area contributed by atoms with Crippen molar-refractivity contribution in [2.24, 2.45) is 0 Å². The zero-order chi connectivity index (χ0) is 11.8. The van der Waals surface area contributed by atoms with Crippen molar-refractivity contribution >= 4 is 0 Å². The number of aromatic hydroxyl groups is 1. The van der Waals surface area contributed by atoms with E-state index in [1.807, 2.05) is 18.2 Å². The largest absolute Gasteiger partial charge is 0.508 e. The molecule has 0 amide bonds. The average Bonchev–Trinajstić information content (AvgIpc) is 2.91. The molecule has 0 saturated carbocycles. The Kier molecular flexibility index (Phi) is 2.81. The Morgan fingerprint density at radius 2 is 2.29 bits per heavy atom. The van der Waals surface area contributed by atoms with E-state index in [-0.39, 0.29) is 6.04 Å². The van der Waals surface area contributed by atoms with E-state index >= 15 is 0 Å². The van der Waals surface area contributed by atoms with Gasteiger partial charge in [-0.2, -0.15) is 0 Å². The van der Waals surface area contributed by atoms with Gasteiger partial charge in [-0.15, -0.1) is 0 Å². The first-order chi connectivity index (χ1) is 8.22. The molecule has 2 aliphatic heterocycles. The highest BCUT2D eigenvalue weighted by atomic mass is 16.5. The number of hydrogen-bond acceptors (Lipinski definition) is 3. The number of ether oxygens (including phenoxy) is 1. The van der Waals surface area contributed by atoms with Crippen molar-refractivity contribution < 1.29 is 9.84 Å². The molecule has 0 aliphatic carbocycles.